The Kier molecular flexibility index (Phi) is 4.11. The molecule has 4 rings (SSSR count). The molecule has 0 amide bonds. The fraction of sp³-hybridized carbons (Fsp3) is 0.263. The van der Waals surface area contributed by atoms with Gasteiger partial charge in [-0.2, -0.15) is 10.1 Å². The molecule has 1 atom stereocenters. The van der Waals surface area contributed by atoms with Crippen molar-refractivity contribution in [3.05, 3.63) is 71.4 Å². The van der Waals surface area contributed by atoms with Gasteiger partial charge in [-0.3, -0.25) is 0 Å². The first kappa shape index (κ1) is 15.7. The molecule has 0 spiro atoms. The van der Waals surface area contributed by atoms with Crippen LogP contribution in [0.1, 0.15) is 35.2 Å². The van der Waals surface area contributed by atoms with Crippen LogP contribution < -0.4 is 5.32 Å². The molecule has 6 nitrogen and oxygen atoms in total. The van der Waals surface area contributed by atoms with Crippen LogP contribution >= 0.6 is 0 Å². The van der Waals surface area contributed by atoms with Crippen LogP contribution in [0.25, 0.3) is 5.70 Å². The molecular formula is C19H20N4O2. The highest BCUT2D eigenvalue weighted by atomic mass is 16.3. The lowest BCUT2D eigenvalue weighted by Crippen LogP contribution is -2.19. The predicted molar refractivity (Wildman–Crippen MR) is 95.1 cm³/mol. The van der Waals surface area contributed by atoms with Gasteiger partial charge < -0.3 is 14.8 Å². The van der Waals surface area contributed by atoms with E-state index in [-0.39, 0.29) is 12.6 Å². The number of aliphatic hydroxyl groups excluding tert-OH is 1. The molecule has 25 heavy (non-hydrogen) atoms. The smallest absolute Gasteiger partial charge is 0.226 e. The van der Waals surface area contributed by atoms with Gasteiger partial charge in [0.25, 0.3) is 0 Å². The van der Waals surface area contributed by atoms with Gasteiger partial charge in [0, 0.05) is 18.7 Å². The van der Waals surface area contributed by atoms with E-state index >= 15 is 0 Å². The summed E-state index contributed by atoms with van der Waals surface area (Å²) >= 11 is 0. The lowest BCUT2D eigenvalue weighted by atomic mass is 10.1. The molecule has 1 aliphatic rings. The average Bonchev–Trinajstić information content (AvgIpc) is 3.29. The number of benzene rings is 1. The standard InChI is InChI=1S/C19H20N4O2/c1-13-6-8-14(9-7-13)15-12-16(17-4-3-11-25-17)23-19(20-15)21-18(22-23)5-2-10-24/h3-4,6-9,11-12,16,24H,2,5,10H2,1H3,(H,20,21,22). The summed E-state index contributed by atoms with van der Waals surface area (Å²) in [5.41, 5.74) is 3.29. The molecule has 0 aliphatic carbocycles. The number of rotatable bonds is 5. The first-order valence-electron chi connectivity index (χ1n) is 8.40. The summed E-state index contributed by atoms with van der Waals surface area (Å²) in [7, 11) is 0. The third-order valence-corrected chi connectivity index (χ3v) is 4.27. The van der Waals surface area contributed by atoms with Crippen LogP contribution in [0.3, 0.4) is 0 Å². The Morgan fingerprint density at radius 2 is 2.08 bits per heavy atom. The molecule has 1 aromatic carbocycles. The molecule has 0 bridgehead atoms. The van der Waals surface area contributed by atoms with E-state index in [9.17, 15) is 0 Å². The first-order valence-corrected chi connectivity index (χ1v) is 8.40. The minimum absolute atomic E-state index is 0.131. The van der Waals surface area contributed by atoms with Gasteiger partial charge in [-0.05, 0) is 37.1 Å². The van der Waals surface area contributed by atoms with E-state index in [4.69, 9.17) is 9.52 Å². The number of fused-ring (bicyclic) bond motifs is 1. The summed E-state index contributed by atoms with van der Waals surface area (Å²) in [6.45, 7) is 2.20. The van der Waals surface area contributed by atoms with Gasteiger partial charge >= 0.3 is 0 Å². The van der Waals surface area contributed by atoms with Gasteiger partial charge in [0.05, 0.1) is 6.26 Å². The summed E-state index contributed by atoms with van der Waals surface area (Å²) in [5.74, 6) is 2.21. The van der Waals surface area contributed by atoms with Crippen LogP contribution in [0.5, 0.6) is 0 Å². The number of aromatic nitrogens is 3. The second-order valence-corrected chi connectivity index (χ2v) is 6.15. The first-order chi connectivity index (χ1) is 12.2. The number of hydrogen-bond donors (Lipinski definition) is 2. The topological polar surface area (TPSA) is 76.1 Å². The number of anilines is 1. The Labute approximate surface area is 145 Å². The molecule has 1 aliphatic heterocycles. The van der Waals surface area contributed by atoms with Crippen LogP contribution in [-0.4, -0.2) is 26.5 Å². The SMILES string of the molecule is Cc1ccc(C2=CC(c3ccco3)n3nc(CCCO)nc3N2)cc1. The highest BCUT2D eigenvalue weighted by Gasteiger charge is 2.26. The summed E-state index contributed by atoms with van der Waals surface area (Å²) in [6, 6.07) is 12.0. The number of aryl methyl sites for hydroxylation is 2. The predicted octanol–water partition coefficient (Wildman–Crippen LogP) is 3.16. The van der Waals surface area contributed by atoms with E-state index in [1.165, 1.54) is 5.56 Å². The second kappa shape index (κ2) is 6.57. The molecule has 3 aromatic rings. The van der Waals surface area contributed by atoms with Crippen LogP contribution in [0.2, 0.25) is 0 Å². The van der Waals surface area contributed by atoms with Crippen molar-refractivity contribution in [2.45, 2.75) is 25.8 Å². The zero-order valence-electron chi connectivity index (χ0n) is 14.0. The van der Waals surface area contributed by atoms with Crippen molar-refractivity contribution in [2.75, 3.05) is 11.9 Å². The van der Waals surface area contributed by atoms with Crippen molar-refractivity contribution < 1.29 is 9.52 Å². The fourth-order valence-corrected chi connectivity index (χ4v) is 2.94. The van der Waals surface area contributed by atoms with E-state index in [1.807, 2.05) is 16.8 Å². The maximum Gasteiger partial charge on any atom is 0.226 e. The summed E-state index contributed by atoms with van der Waals surface area (Å²) in [5, 5.41) is 17.0. The van der Waals surface area contributed by atoms with E-state index in [2.05, 4.69) is 52.7 Å². The van der Waals surface area contributed by atoms with Crippen LogP contribution in [0.15, 0.2) is 53.2 Å². The van der Waals surface area contributed by atoms with Gasteiger partial charge in [-0.25, -0.2) is 4.68 Å². The lowest BCUT2D eigenvalue weighted by Gasteiger charge is -2.22. The Morgan fingerprint density at radius 1 is 1.24 bits per heavy atom. The highest BCUT2D eigenvalue weighted by molar-refractivity contribution is 5.77. The van der Waals surface area contributed by atoms with Crippen molar-refractivity contribution in [1.82, 2.24) is 14.8 Å². The maximum atomic E-state index is 9.04. The maximum absolute atomic E-state index is 9.04. The van der Waals surface area contributed by atoms with E-state index in [0.29, 0.717) is 24.6 Å². The Morgan fingerprint density at radius 3 is 2.80 bits per heavy atom. The van der Waals surface area contributed by atoms with Crippen molar-refractivity contribution in [3.8, 4) is 0 Å². The van der Waals surface area contributed by atoms with E-state index in [1.54, 1.807) is 6.26 Å². The Bertz CT molecular complexity index is 879. The Balaban J connectivity index is 1.74. The van der Waals surface area contributed by atoms with Gasteiger partial charge in [0.2, 0.25) is 5.95 Å². The molecule has 2 aromatic heterocycles. The molecule has 6 heteroatoms. The largest absolute Gasteiger partial charge is 0.467 e. The van der Waals surface area contributed by atoms with Crippen molar-refractivity contribution in [1.29, 1.82) is 0 Å². The number of hydrogen-bond acceptors (Lipinski definition) is 5. The molecule has 0 saturated carbocycles. The quantitative estimate of drug-likeness (QED) is 0.748. The van der Waals surface area contributed by atoms with Crippen LogP contribution in [0, 0.1) is 6.92 Å². The van der Waals surface area contributed by atoms with E-state index in [0.717, 1.165) is 17.0 Å². The summed E-state index contributed by atoms with van der Waals surface area (Å²) < 4.78 is 7.46. The van der Waals surface area contributed by atoms with E-state index < -0.39 is 0 Å². The average molecular weight is 336 g/mol. The van der Waals surface area contributed by atoms with Crippen LogP contribution in [-0.2, 0) is 6.42 Å². The number of allylic oxidation sites excluding steroid dienone is 1. The summed E-state index contributed by atoms with van der Waals surface area (Å²) in [6.07, 6.45) is 5.05. The van der Waals surface area contributed by atoms with Gasteiger partial charge in [-0.15, -0.1) is 0 Å². The zero-order chi connectivity index (χ0) is 17.2. The second-order valence-electron chi connectivity index (χ2n) is 6.15. The minimum atomic E-state index is -0.155. The molecule has 3 heterocycles. The van der Waals surface area contributed by atoms with Crippen molar-refractivity contribution in [2.24, 2.45) is 0 Å². The van der Waals surface area contributed by atoms with Gasteiger partial charge in [0.15, 0.2) is 5.82 Å². The highest BCUT2D eigenvalue weighted by Crippen LogP contribution is 2.32. The zero-order valence-corrected chi connectivity index (χ0v) is 14.0. The normalized spacial score (nSPS) is 16.2. The molecule has 128 valence electrons. The Hall–Kier alpha value is -2.86. The molecule has 0 radical (unpaired) electrons. The van der Waals surface area contributed by atoms with Crippen molar-refractivity contribution >= 4 is 11.6 Å². The third-order valence-electron chi connectivity index (χ3n) is 4.27. The third kappa shape index (κ3) is 3.08. The summed E-state index contributed by atoms with van der Waals surface area (Å²) in [4.78, 5) is 4.59. The van der Waals surface area contributed by atoms with Gasteiger partial charge in [-0.1, -0.05) is 29.8 Å². The molecule has 1 unspecified atom stereocenters. The van der Waals surface area contributed by atoms with Gasteiger partial charge in [0.1, 0.15) is 11.8 Å². The molecule has 2 N–H and O–H groups in total. The minimum Gasteiger partial charge on any atom is -0.467 e. The fourth-order valence-electron chi connectivity index (χ4n) is 2.94. The van der Waals surface area contributed by atoms with Crippen LogP contribution in [0.4, 0.5) is 5.95 Å². The van der Waals surface area contributed by atoms with Crippen molar-refractivity contribution in [3.63, 3.8) is 0 Å². The molecule has 0 saturated heterocycles. The monoisotopic (exact) mass is 336 g/mol. The lowest BCUT2D eigenvalue weighted by molar-refractivity contribution is 0.287. The molecule has 0 fully saturated rings. The number of nitrogens with one attached hydrogen (secondary N) is 1. The number of furan rings is 1. The number of aliphatic hydroxyl groups is 1. The number of nitrogens with zero attached hydrogens (tertiary/aromatic N) is 3. The molecular weight excluding hydrogens is 316 g/mol.